The van der Waals surface area contributed by atoms with E-state index in [2.05, 4.69) is 15.4 Å². The highest BCUT2D eigenvalue weighted by Gasteiger charge is 2.32. The van der Waals surface area contributed by atoms with Gasteiger partial charge in [-0.05, 0) is 30.7 Å². The summed E-state index contributed by atoms with van der Waals surface area (Å²) in [7, 11) is 0. The highest BCUT2D eigenvalue weighted by atomic mass is 35.5. The summed E-state index contributed by atoms with van der Waals surface area (Å²) in [5.74, 6) is -0.601. The molecule has 3 aromatic rings. The first-order valence-electron chi connectivity index (χ1n) is 10.1. The van der Waals surface area contributed by atoms with Crippen LogP contribution in [0.2, 0.25) is 10.0 Å². The molecule has 0 atom stereocenters. The van der Waals surface area contributed by atoms with E-state index in [0.717, 1.165) is 11.6 Å². The molecule has 0 aliphatic carbocycles. The molecule has 0 aromatic heterocycles. The second kappa shape index (κ2) is 10.9. The molecule has 35 heavy (non-hydrogen) atoms. The van der Waals surface area contributed by atoms with E-state index in [9.17, 15) is 22.8 Å². The van der Waals surface area contributed by atoms with Gasteiger partial charge in [-0.1, -0.05) is 59.6 Å². The smallest absolute Gasteiger partial charge is 0.426 e. The highest BCUT2D eigenvalue weighted by molar-refractivity contribution is 6.40. The Bertz CT molecular complexity index is 1240. The van der Waals surface area contributed by atoms with Crippen LogP contribution in [0.3, 0.4) is 0 Å². The fourth-order valence-corrected chi connectivity index (χ4v) is 3.97. The number of nitrogens with one attached hydrogen (secondary N) is 2. The number of aryl methyl sites for hydroxylation is 1. The molecule has 3 rings (SSSR count). The summed E-state index contributed by atoms with van der Waals surface area (Å²) in [4.78, 5) is 23.8. The maximum absolute atomic E-state index is 12.8. The van der Waals surface area contributed by atoms with Gasteiger partial charge in [0, 0.05) is 35.8 Å². The Balaban J connectivity index is 1.77. The first-order chi connectivity index (χ1) is 16.4. The van der Waals surface area contributed by atoms with Gasteiger partial charge in [-0.2, -0.15) is 0 Å². The van der Waals surface area contributed by atoms with E-state index >= 15 is 0 Å². The third-order valence-corrected chi connectivity index (χ3v) is 5.26. The van der Waals surface area contributed by atoms with Gasteiger partial charge in [-0.25, -0.2) is 4.79 Å². The monoisotopic (exact) mass is 526 g/mol. The number of esters is 1. The number of rotatable bonds is 6. The second-order valence-corrected chi connectivity index (χ2v) is 8.14. The topological polar surface area (TPSA) is 76.7 Å². The normalized spacial score (nSPS) is 11.1. The minimum Gasteiger partial charge on any atom is -0.426 e. The maximum atomic E-state index is 12.8. The van der Waals surface area contributed by atoms with Crippen LogP contribution in [0.25, 0.3) is 11.1 Å². The van der Waals surface area contributed by atoms with Crippen molar-refractivity contribution in [3.05, 3.63) is 75.8 Å². The lowest BCUT2D eigenvalue weighted by molar-refractivity contribution is -0.274. The molecular formula is C24H19Cl2F3N2O4. The van der Waals surface area contributed by atoms with Gasteiger partial charge >= 0.3 is 18.4 Å². The molecule has 0 bridgehead atoms. The zero-order chi connectivity index (χ0) is 25.8. The van der Waals surface area contributed by atoms with Gasteiger partial charge < -0.3 is 20.1 Å². The first kappa shape index (κ1) is 26.2. The lowest BCUT2D eigenvalue weighted by Crippen LogP contribution is -2.28. The fraction of sp³-hybridized carbons (Fsp3) is 0.167. The molecule has 0 aliphatic rings. The van der Waals surface area contributed by atoms with Crippen LogP contribution in [-0.4, -0.2) is 18.4 Å². The van der Waals surface area contributed by atoms with Crippen LogP contribution in [0.1, 0.15) is 18.1 Å². The summed E-state index contributed by atoms with van der Waals surface area (Å²) < 4.78 is 47.7. The van der Waals surface area contributed by atoms with Crippen molar-refractivity contribution in [3.8, 4) is 22.6 Å². The molecule has 0 unspecified atom stereocenters. The minimum absolute atomic E-state index is 0.00172. The van der Waals surface area contributed by atoms with Crippen LogP contribution >= 0.6 is 23.2 Å². The van der Waals surface area contributed by atoms with Gasteiger partial charge in [0.25, 0.3) is 0 Å². The highest BCUT2D eigenvalue weighted by Crippen LogP contribution is 2.42. The van der Waals surface area contributed by atoms with E-state index in [-0.39, 0.29) is 33.4 Å². The maximum Gasteiger partial charge on any atom is 0.573 e. The summed E-state index contributed by atoms with van der Waals surface area (Å²) in [6, 6.07) is 12.7. The van der Waals surface area contributed by atoms with Crippen molar-refractivity contribution in [2.24, 2.45) is 0 Å². The van der Waals surface area contributed by atoms with Crippen molar-refractivity contribution in [3.63, 3.8) is 0 Å². The molecule has 0 aliphatic heterocycles. The van der Waals surface area contributed by atoms with Gasteiger partial charge in [0.1, 0.15) is 11.5 Å². The SMILES string of the molecule is CC(=O)Oc1c(C)cccc1CNC(=O)Nc1cc(Cl)c(-c2ccccc2OC(F)(F)F)c(Cl)c1. The Labute approximate surface area is 208 Å². The van der Waals surface area contributed by atoms with E-state index in [1.165, 1.54) is 37.3 Å². The second-order valence-electron chi connectivity index (χ2n) is 7.32. The predicted octanol–water partition coefficient (Wildman–Crippen LogP) is 7.11. The summed E-state index contributed by atoms with van der Waals surface area (Å²) in [6.45, 7) is 3.10. The zero-order valence-corrected chi connectivity index (χ0v) is 19.9. The molecule has 11 heteroatoms. The number of ether oxygens (including phenoxy) is 2. The summed E-state index contributed by atoms with van der Waals surface area (Å²) in [5.41, 5.74) is 1.67. The fourth-order valence-electron chi connectivity index (χ4n) is 3.28. The average molecular weight is 527 g/mol. The quantitative estimate of drug-likeness (QED) is 0.265. The van der Waals surface area contributed by atoms with Gasteiger partial charge in [-0.3, -0.25) is 4.79 Å². The number of para-hydroxylation sites is 2. The van der Waals surface area contributed by atoms with Gasteiger partial charge in [-0.15, -0.1) is 13.2 Å². The third-order valence-electron chi connectivity index (χ3n) is 4.66. The van der Waals surface area contributed by atoms with Crippen molar-refractivity contribution < 1.29 is 32.2 Å². The number of anilines is 1. The lowest BCUT2D eigenvalue weighted by Gasteiger charge is -2.16. The number of urea groups is 1. The number of halogens is 5. The number of hydrogen-bond acceptors (Lipinski definition) is 4. The molecule has 0 spiro atoms. The van der Waals surface area contributed by atoms with Crippen molar-refractivity contribution in [2.45, 2.75) is 26.8 Å². The zero-order valence-electron chi connectivity index (χ0n) is 18.4. The average Bonchev–Trinajstić information content (AvgIpc) is 2.73. The number of benzene rings is 3. The van der Waals surface area contributed by atoms with Crippen molar-refractivity contribution in [1.82, 2.24) is 5.32 Å². The molecular weight excluding hydrogens is 508 g/mol. The van der Waals surface area contributed by atoms with Crippen LogP contribution in [0.5, 0.6) is 11.5 Å². The van der Waals surface area contributed by atoms with E-state index in [1.807, 2.05) is 0 Å². The van der Waals surface area contributed by atoms with Crippen LogP contribution in [0.4, 0.5) is 23.7 Å². The number of amides is 2. The Morgan fingerprint density at radius 3 is 2.29 bits per heavy atom. The van der Waals surface area contributed by atoms with Crippen molar-refractivity contribution in [1.29, 1.82) is 0 Å². The molecule has 3 aromatic carbocycles. The molecule has 0 heterocycles. The van der Waals surface area contributed by atoms with Crippen LogP contribution in [0, 0.1) is 6.92 Å². The van der Waals surface area contributed by atoms with Gasteiger partial charge in [0.2, 0.25) is 0 Å². The summed E-state index contributed by atoms with van der Waals surface area (Å²) >= 11 is 12.6. The molecule has 0 fully saturated rings. The molecule has 0 radical (unpaired) electrons. The van der Waals surface area contributed by atoms with Gasteiger partial charge in [0.05, 0.1) is 10.0 Å². The van der Waals surface area contributed by atoms with Crippen molar-refractivity contribution in [2.75, 3.05) is 5.32 Å². The Hall–Kier alpha value is -3.43. The van der Waals surface area contributed by atoms with Crippen LogP contribution in [0.15, 0.2) is 54.6 Å². The Morgan fingerprint density at radius 1 is 1.00 bits per heavy atom. The van der Waals surface area contributed by atoms with Crippen molar-refractivity contribution >= 4 is 40.9 Å². The van der Waals surface area contributed by atoms with E-state index in [1.54, 1.807) is 25.1 Å². The molecule has 0 saturated carbocycles. The minimum atomic E-state index is -4.90. The summed E-state index contributed by atoms with van der Waals surface area (Å²) in [5, 5.41) is 5.20. The Morgan fingerprint density at radius 2 is 1.66 bits per heavy atom. The predicted molar refractivity (Wildman–Crippen MR) is 127 cm³/mol. The van der Waals surface area contributed by atoms with Gasteiger partial charge in [0.15, 0.2) is 0 Å². The standard InChI is InChI=1S/C24H19Cl2F3N2O4/c1-13-6-5-7-15(22(13)34-14(2)32)12-30-23(33)31-16-10-18(25)21(19(26)11-16)17-8-3-4-9-20(17)35-24(27,28)29/h3-11H,12H2,1-2H3,(H2,30,31,33). The van der Waals surface area contributed by atoms with E-state index < -0.39 is 24.1 Å². The lowest BCUT2D eigenvalue weighted by atomic mass is 10.0. The molecule has 6 nitrogen and oxygen atoms in total. The molecule has 0 saturated heterocycles. The molecule has 2 amide bonds. The Kier molecular flexibility index (Phi) is 8.14. The number of alkyl halides is 3. The largest absolute Gasteiger partial charge is 0.573 e. The van der Waals surface area contributed by atoms with E-state index in [0.29, 0.717) is 11.3 Å². The van der Waals surface area contributed by atoms with Crippen LogP contribution in [-0.2, 0) is 11.3 Å². The molecule has 184 valence electrons. The summed E-state index contributed by atoms with van der Waals surface area (Å²) in [6.07, 6.45) is -4.90. The van der Waals surface area contributed by atoms with E-state index in [4.69, 9.17) is 27.9 Å². The van der Waals surface area contributed by atoms with Crippen LogP contribution < -0.4 is 20.1 Å². The number of carbonyl (C=O) groups is 2. The third kappa shape index (κ3) is 7.03. The number of hydrogen-bond donors (Lipinski definition) is 2. The molecule has 2 N–H and O–H groups in total. The number of carbonyl (C=O) groups excluding carboxylic acids is 2. The first-order valence-corrected chi connectivity index (χ1v) is 10.9.